The molecule has 0 amide bonds. The van der Waals surface area contributed by atoms with Gasteiger partial charge in [-0.05, 0) is 259 Å². The van der Waals surface area contributed by atoms with E-state index in [0.717, 1.165) is 261 Å². The minimum atomic E-state index is -1.52. The van der Waals surface area contributed by atoms with E-state index in [-0.39, 0.29) is 7.43 Å². The number of hydrogen-bond donors (Lipinski definition) is 2. The van der Waals surface area contributed by atoms with Gasteiger partial charge in [-0.3, -0.25) is 0 Å². The molecule has 584 valence electrons. The molecule has 26 rings (SSSR count). The van der Waals surface area contributed by atoms with Gasteiger partial charge in [-0.1, -0.05) is 231 Å². The van der Waals surface area contributed by atoms with Gasteiger partial charge in [0.1, 0.15) is 89.3 Å². The molecule has 0 aliphatic carbocycles. The molecule has 0 saturated carbocycles. The van der Waals surface area contributed by atoms with E-state index < -0.39 is 7.12 Å². The molecule has 0 spiro atoms. The highest BCUT2D eigenvalue weighted by Crippen LogP contribution is 2.47. The number of hydrogen-bond acceptors (Lipinski definition) is 10. The second-order valence-corrected chi connectivity index (χ2v) is 33.9. The van der Waals surface area contributed by atoms with Crippen molar-refractivity contribution in [3.05, 3.63) is 365 Å². The molecule has 0 bridgehead atoms. The maximum atomic E-state index is 9.49. The molecule has 0 fully saturated rings. The summed E-state index contributed by atoms with van der Waals surface area (Å²) in [6.07, 6.45) is 0. The van der Waals surface area contributed by atoms with E-state index in [4.69, 9.17) is 35.3 Å². The number of rotatable bonds is 8. The Hall–Kier alpha value is -14.2. The van der Waals surface area contributed by atoms with Crippen LogP contribution in [-0.4, -0.2) is 17.2 Å². The van der Waals surface area contributed by atoms with Crippen LogP contribution in [0.5, 0.6) is 0 Å². The molecule has 0 saturated heterocycles. The third kappa shape index (κ3) is 12.9. The minimum absolute atomic E-state index is 0. The third-order valence-electron chi connectivity index (χ3n) is 23.8. The van der Waals surface area contributed by atoms with Crippen LogP contribution in [0.3, 0.4) is 0 Å². The average molecular weight is 1780 g/mol. The van der Waals surface area contributed by atoms with Crippen LogP contribution < -0.4 is 5.46 Å². The fourth-order valence-corrected chi connectivity index (χ4v) is 20.2. The predicted molar refractivity (Wildman–Crippen MR) is 515 cm³/mol. The van der Waals surface area contributed by atoms with Crippen LogP contribution >= 0.6 is 47.8 Å². The highest BCUT2D eigenvalue weighted by molar-refractivity contribution is 9.11. The van der Waals surface area contributed by atoms with Crippen LogP contribution in [0.25, 0.3) is 253 Å². The lowest BCUT2D eigenvalue weighted by molar-refractivity contribution is 0.426. The summed E-state index contributed by atoms with van der Waals surface area (Å²) >= 11 is 10.1. The summed E-state index contributed by atoms with van der Waals surface area (Å²) in [4.78, 5) is 0. The number of furan rings is 8. The van der Waals surface area contributed by atoms with Gasteiger partial charge in [-0.2, -0.15) is 0 Å². The number of fused-ring (bicyclic) bond motifs is 24. The summed E-state index contributed by atoms with van der Waals surface area (Å²) in [5.41, 5.74) is 28.9. The normalized spacial score (nSPS) is 11.9. The van der Waals surface area contributed by atoms with Gasteiger partial charge in [0.25, 0.3) is 0 Å². The Labute approximate surface area is 726 Å². The van der Waals surface area contributed by atoms with Crippen LogP contribution in [0.15, 0.2) is 401 Å². The first-order valence-electron chi connectivity index (χ1n) is 40.0. The zero-order chi connectivity index (χ0) is 81.1. The van der Waals surface area contributed by atoms with E-state index in [1.165, 1.54) is 0 Å². The Balaban J connectivity index is 0.000000185. The molecule has 14 heteroatoms. The van der Waals surface area contributed by atoms with Gasteiger partial charge in [-0.25, -0.2) is 0 Å². The molecule has 26 aromatic rings. The van der Waals surface area contributed by atoms with Crippen molar-refractivity contribution >= 4 is 236 Å². The second kappa shape index (κ2) is 29.3. The van der Waals surface area contributed by atoms with Gasteiger partial charge < -0.3 is 45.4 Å². The monoisotopic (exact) mass is 1780 g/mol. The summed E-state index contributed by atoms with van der Waals surface area (Å²) in [6, 6.07) is 121. The second-order valence-electron chi connectivity index (χ2n) is 31.2. The van der Waals surface area contributed by atoms with Crippen LogP contribution in [0, 0.1) is 0 Å². The lowest BCUT2D eigenvalue weighted by Gasteiger charge is -2.12. The van der Waals surface area contributed by atoms with Crippen molar-refractivity contribution in [2.24, 2.45) is 0 Å². The SMILES string of the molecule is Brc1cc(Br)cc(Br)c1.C.OB(O)c1ccc2oc3cc4c(cc3c2c1)oc1ccc(-c2ccccc2)cc14.c1ccc(-c2ccc3oc4cc5c(cc4c3c2)oc2ccc(-c3cc(-c4ccc6oc7cc8c(cc7c6c4)oc4ccc(-c6ccccc6)cc48)cc(-c4ccc6oc7cc8c(cc7c6c4)oc4ccc(-c6ccccc6)cc48)c3)cc25)cc1. The molecule has 123 heavy (non-hydrogen) atoms. The molecule has 0 aliphatic heterocycles. The Kier molecular flexibility index (Phi) is 17.6. The zero-order valence-electron chi connectivity index (χ0n) is 64.4. The molecule has 0 unspecified atom stereocenters. The van der Waals surface area contributed by atoms with Crippen molar-refractivity contribution in [2.75, 3.05) is 0 Å². The molecule has 18 aromatic carbocycles. The number of benzene rings is 18. The van der Waals surface area contributed by atoms with E-state index in [9.17, 15) is 10.0 Å². The quantitative estimate of drug-likeness (QED) is 0.141. The topological polar surface area (TPSA) is 146 Å². The van der Waals surface area contributed by atoms with Crippen molar-refractivity contribution in [2.45, 2.75) is 7.43 Å². The number of halogens is 3. The third-order valence-corrected chi connectivity index (χ3v) is 25.1. The minimum Gasteiger partial charge on any atom is -0.456 e. The first kappa shape index (κ1) is 73.9. The van der Waals surface area contributed by atoms with Gasteiger partial charge in [0, 0.05) is 99.6 Å². The largest absolute Gasteiger partial charge is 0.488 e. The standard InChI is InChI=1S/C78H42O6.C24H15BO4.C6H3Br3.CH4/c1-4-10-43(11-5-1)46-16-22-67-55(31-46)61-37-76-64(40-73(61)79-67)58-34-49(19-25-70(58)82-76)52-28-53(50-20-26-71-59(35-50)65-41-74-62(38-77(65)83-71)56-32-47(17-23-68(56)80-74)44-12-6-2-7-13-44)30-54(29-52)51-21-27-72-60(36-51)66-42-75-63(39-78(66)84-72)57-33-48(18-24-69(57)81-75)45-14-8-3-9-15-45;26-25(27)16-7-9-22-18(11-16)20-13-23-19(12-24(20)29-22)17-10-15(6-8-21(17)28-23)14-4-2-1-3-5-14;7-4-1-5(8)3-6(9)2-4;/h1-42H;1-13,26-27H;1-3H;1H4. The fraction of sp³-hybridized carbons (Fsp3) is 0.00917. The van der Waals surface area contributed by atoms with Gasteiger partial charge in [0.15, 0.2) is 0 Å². The van der Waals surface area contributed by atoms with Crippen molar-refractivity contribution in [3.8, 4) is 77.9 Å². The Morgan fingerprint density at radius 1 is 0.154 bits per heavy atom. The van der Waals surface area contributed by atoms with Crippen molar-refractivity contribution in [1.82, 2.24) is 0 Å². The van der Waals surface area contributed by atoms with Crippen molar-refractivity contribution in [3.63, 3.8) is 0 Å². The van der Waals surface area contributed by atoms with E-state index in [1.807, 2.05) is 72.8 Å². The molecule has 0 aliphatic rings. The zero-order valence-corrected chi connectivity index (χ0v) is 69.1. The molecule has 2 N–H and O–H groups in total. The van der Waals surface area contributed by atoms with E-state index in [2.05, 4.69) is 309 Å². The summed E-state index contributed by atoms with van der Waals surface area (Å²) in [6.45, 7) is 0. The Morgan fingerprint density at radius 3 is 0.520 bits per heavy atom. The molecular weight excluding hydrogens is 1720 g/mol. The average Bonchev–Trinajstić information content (AvgIpc) is 1.59. The van der Waals surface area contributed by atoms with Crippen LogP contribution in [-0.2, 0) is 0 Å². The van der Waals surface area contributed by atoms with Crippen molar-refractivity contribution in [1.29, 1.82) is 0 Å². The summed E-state index contributed by atoms with van der Waals surface area (Å²) in [5, 5.41) is 35.0. The maximum Gasteiger partial charge on any atom is 0.488 e. The van der Waals surface area contributed by atoms with Crippen LogP contribution in [0.1, 0.15) is 7.43 Å². The van der Waals surface area contributed by atoms with Gasteiger partial charge >= 0.3 is 7.12 Å². The molecule has 0 radical (unpaired) electrons. The van der Waals surface area contributed by atoms with E-state index >= 15 is 0 Å². The Bertz CT molecular complexity index is 8140. The maximum absolute atomic E-state index is 9.49. The molecule has 8 heterocycles. The smallest absolute Gasteiger partial charge is 0.456 e. The summed E-state index contributed by atoms with van der Waals surface area (Å²) in [5.74, 6) is 0. The molecular formula is C109H64BBr3O10. The van der Waals surface area contributed by atoms with Gasteiger partial charge in [0.2, 0.25) is 0 Å². The summed E-state index contributed by atoms with van der Waals surface area (Å²) in [7, 11) is -1.52. The Morgan fingerprint density at radius 2 is 0.325 bits per heavy atom. The fourth-order valence-electron chi connectivity index (χ4n) is 17.8. The highest BCUT2D eigenvalue weighted by atomic mass is 79.9. The molecule has 8 aromatic heterocycles. The summed E-state index contributed by atoms with van der Waals surface area (Å²) < 4.78 is 55.0. The lowest BCUT2D eigenvalue weighted by atomic mass is 9.80. The molecule has 0 atom stereocenters. The highest BCUT2D eigenvalue weighted by Gasteiger charge is 2.23. The predicted octanol–water partition coefficient (Wildman–Crippen LogP) is 32.5. The first-order chi connectivity index (χ1) is 59.8. The lowest BCUT2D eigenvalue weighted by Crippen LogP contribution is -2.29. The first-order valence-corrected chi connectivity index (χ1v) is 42.4. The van der Waals surface area contributed by atoms with Crippen LogP contribution in [0.4, 0.5) is 0 Å². The van der Waals surface area contributed by atoms with Gasteiger partial charge in [0.05, 0.1) is 0 Å². The van der Waals surface area contributed by atoms with Gasteiger partial charge in [-0.15, -0.1) is 0 Å². The van der Waals surface area contributed by atoms with E-state index in [1.54, 1.807) is 18.2 Å². The molecule has 10 nitrogen and oxygen atoms in total. The van der Waals surface area contributed by atoms with Crippen LogP contribution in [0.2, 0.25) is 0 Å². The van der Waals surface area contributed by atoms with E-state index in [0.29, 0.717) is 11.0 Å². The van der Waals surface area contributed by atoms with Crippen molar-refractivity contribution < 1.29 is 45.4 Å².